The summed E-state index contributed by atoms with van der Waals surface area (Å²) in [6.45, 7) is 5.41. The number of nitrogens with two attached hydrogens (primary N) is 1. The van der Waals surface area contributed by atoms with Crippen molar-refractivity contribution in [1.82, 2.24) is 4.98 Å². The summed E-state index contributed by atoms with van der Waals surface area (Å²) >= 11 is 1.17. The van der Waals surface area contributed by atoms with E-state index < -0.39 is 5.79 Å². The van der Waals surface area contributed by atoms with Gasteiger partial charge in [-0.15, -0.1) is 0 Å². The van der Waals surface area contributed by atoms with Crippen molar-refractivity contribution in [3.8, 4) is 11.5 Å². The van der Waals surface area contributed by atoms with Gasteiger partial charge in [0.25, 0.3) is 5.91 Å². The van der Waals surface area contributed by atoms with E-state index in [0.29, 0.717) is 32.9 Å². The van der Waals surface area contributed by atoms with Crippen LogP contribution in [0.4, 0.5) is 10.8 Å². The number of ether oxygens (including phenoxy) is 2. The number of rotatable bonds is 2. The molecule has 1 aliphatic heterocycles. The van der Waals surface area contributed by atoms with Gasteiger partial charge in [-0.25, -0.2) is 4.98 Å². The number of aromatic nitrogens is 1. The van der Waals surface area contributed by atoms with E-state index in [4.69, 9.17) is 15.2 Å². The highest BCUT2D eigenvalue weighted by Gasteiger charge is 2.31. The molecular weight excluding hydrogens is 290 g/mol. The third-order valence-corrected chi connectivity index (χ3v) is 3.92. The molecule has 0 unspecified atom stereocenters. The van der Waals surface area contributed by atoms with Gasteiger partial charge < -0.3 is 20.5 Å². The molecule has 0 spiro atoms. The molecule has 1 aliphatic rings. The van der Waals surface area contributed by atoms with Crippen LogP contribution in [0.5, 0.6) is 11.5 Å². The summed E-state index contributed by atoms with van der Waals surface area (Å²) in [6.07, 6.45) is 0. The van der Waals surface area contributed by atoms with Crippen LogP contribution >= 0.6 is 11.3 Å². The summed E-state index contributed by atoms with van der Waals surface area (Å²) in [7, 11) is 0. The van der Waals surface area contributed by atoms with Crippen molar-refractivity contribution < 1.29 is 14.3 Å². The van der Waals surface area contributed by atoms with Crippen LogP contribution in [-0.4, -0.2) is 16.7 Å². The predicted octanol–water partition coefficient (Wildman–Crippen LogP) is 2.79. The number of benzene rings is 1. The lowest BCUT2D eigenvalue weighted by Crippen LogP contribution is -2.29. The first kappa shape index (κ1) is 13.7. The molecule has 3 N–H and O–H groups in total. The number of hydrogen-bond acceptors (Lipinski definition) is 6. The molecule has 0 bridgehead atoms. The molecule has 7 heteroatoms. The molecule has 3 rings (SSSR count). The lowest BCUT2D eigenvalue weighted by molar-refractivity contribution is -0.0431. The van der Waals surface area contributed by atoms with Crippen LogP contribution in [0.25, 0.3) is 0 Å². The number of aryl methyl sites for hydroxylation is 1. The van der Waals surface area contributed by atoms with Crippen LogP contribution < -0.4 is 20.5 Å². The maximum atomic E-state index is 12.2. The Bertz CT molecular complexity index is 724. The topological polar surface area (TPSA) is 86.5 Å². The molecule has 2 aromatic rings. The molecule has 21 heavy (non-hydrogen) atoms. The first-order chi connectivity index (χ1) is 9.84. The molecule has 1 amide bonds. The summed E-state index contributed by atoms with van der Waals surface area (Å²) < 4.78 is 11.2. The van der Waals surface area contributed by atoms with Gasteiger partial charge in [0.05, 0.1) is 5.69 Å². The molecular formula is C14H15N3O3S. The van der Waals surface area contributed by atoms with Crippen molar-refractivity contribution in [2.75, 3.05) is 11.1 Å². The fourth-order valence-corrected chi connectivity index (χ4v) is 2.84. The number of nitrogens with zero attached hydrogens (tertiary/aromatic N) is 1. The van der Waals surface area contributed by atoms with Crippen molar-refractivity contribution in [2.45, 2.75) is 26.6 Å². The SMILES string of the molecule is Cc1nc(N)sc1C(=O)Nc1ccc2c(c1)OC(C)(C)O2. The lowest BCUT2D eigenvalue weighted by atomic mass is 10.2. The Balaban J connectivity index is 1.81. The number of carbonyl (C=O) groups excluding carboxylic acids is 1. The maximum Gasteiger partial charge on any atom is 0.267 e. The summed E-state index contributed by atoms with van der Waals surface area (Å²) in [5.74, 6) is 0.350. The van der Waals surface area contributed by atoms with E-state index in [1.54, 1.807) is 25.1 Å². The highest BCUT2D eigenvalue weighted by molar-refractivity contribution is 7.17. The number of nitrogen functional groups attached to an aromatic ring is 1. The Morgan fingerprint density at radius 2 is 2.05 bits per heavy atom. The van der Waals surface area contributed by atoms with Crippen LogP contribution in [0.3, 0.4) is 0 Å². The number of hydrogen-bond donors (Lipinski definition) is 2. The fourth-order valence-electron chi connectivity index (χ4n) is 2.12. The number of nitrogens with one attached hydrogen (secondary N) is 1. The molecule has 1 aromatic heterocycles. The largest absolute Gasteiger partial charge is 0.449 e. The van der Waals surface area contributed by atoms with Gasteiger partial charge >= 0.3 is 0 Å². The smallest absolute Gasteiger partial charge is 0.267 e. The number of anilines is 2. The Hall–Kier alpha value is -2.28. The Kier molecular flexibility index (Phi) is 3.02. The third-order valence-electron chi connectivity index (χ3n) is 2.93. The third kappa shape index (κ3) is 2.64. The van der Waals surface area contributed by atoms with E-state index in [2.05, 4.69) is 10.3 Å². The number of thiazole rings is 1. The van der Waals surface area contributed by atoms with Crippen LogP contribution in [-0.2, 0) is 0 Å². The number of amides is 1. The molecule has 0 saturated carbocycles. The molecule has 0 radical (unpaired) electrons. The van der Waals surface area contributed by atoms with Gasteiger partial charge in [0, 0.05) is 25.6 Å². The molecule has 0 atom stereocenters. The first-order valence-electron chi connectivity index (χ1n) is 6.40. The van der Waals surface area contributed by atoms with Gasteiger partial charge in [0.2, 0.25) is 5.79 Å². The van der Waals surface area contributed by atoms with E-state index in [-0.39, 0.29) is 5.91 Å². The van der Waals surface area contributed by atoms with E-state index >= 15 is 0 Å². The summed E-state index contributed by atoms with van der Waals surface area (Å²) in [5, 5.41) is 3.19. The van der Waals surface area contributed by atoms with Crippen molar-refractivity contribution in [1.29, 1.82) is 0 Å². The molecule has 6 nitrogen and oxygen atoms in total. The zero-order valence-electron chi connectivity index (χ0n) is 11.9. The highest BCUT2D eigenvalue weighted by Crippen LogP contribution is 2.40. The van der Waals surface area contributed by atoms with Crippen LogP contribution in [0.1, 0.15) is 29.2 Å². The molecule has 0 aliphatic carbocycles. The van der Waals surface area contributed by atoms with Gasteiger partial charge in [0.1, 0.15) is 4.88 Å². The fraction of sp³-hybridized carbons (Fsp3) is 0.286. The van der Waals surface area contributed by atoms with Gasteiger partial charge in [-0.05, 0) is 19.1 Å². The van der Waals surface area contributed by atoms with Crippen LogP contribution in [0.15, 0.2) is 18.2 Å². The van der Waals surface area contributed by atoms with Crippen molar-refractivity contribution >= 4 is 28.1 Å². The van der Waals surface area contributed by atoms with E-state index in [1.807, 2.05) is 13.8 Å². The maximum absolute atomic E-state index is 12.2. The van der Waals surface area contributed by atoms with Crippen molar-refractivity contribution in [2.24, 2.45) is 0 Å². The Morgan fingerprint density at radius 3 is 2.71 bits per heavy atom. The summed E-state index contributed by atoms with van der Waals surface area (Å²) in [4.78, 5) is 16.8. The average molecular weight is 305 g/mol. The summed E-state index contributed by atoms with van der Waals surface area (Å²) in [5.41, 5.74) is 6.86. The Morgan fingerprint density at radius 1 is 1.33 bits per heavy atom. The highest BCUT2D eigenvalue weighted by atomic mass is 32.1. The molecule has 2 heterocycles. The molecule has 0 fully saturated rings. The minimum Gasteiger partial charge on any atom is -0.449 e. The lowest BCUT2D eigenvalue weighted by Gasteiger charge is -2.16. The van der Waals surface area contributed by atoms with Gasteiger partial charge in [-0.3, -0.25) is 4.79 Å². The second-order valence-electron chi connectivity index (χ2n) is 5.19. The van der Waals surface area contributed by atoms with Crippen molar-refractivity contribution in [3.63, 3.8) is 0 Å². The Labute approximate surface area is 125 Å². The first-order valence-corrected chi connectivity index (χ1v) is 7.22. The molecule has 110 valence electrons. The minimum absolute atomic E-state index is 0.236. The number of carbonyl (C=O) groups is 1. The average Bonchev–Trinajstić information content (AvgIpc) is 2.86. The van der Waals surface area contributed by atoms with E-state index in [9.17, 15) is 4.79 Å². The van der Waals surface area contributed by atoms with Crippen LogP contribution in [0, 0.1) is 6.92 Å². The monoisotopic (exact) mass is 305 g/mol. The number of fused-ring (bicyclic) bond motifs is 1. The van der Waals surface area contributed by atoms with Crippen LogP contribution in [0.2, 0.25) is 0 Å². The predicted molar refractivity (Wildman–Crippen MR) is 81.0 cm³/mol. The van der Waals surface area contributed by atoms with Crippen molar-refractivity contribution in [3.05, 3.63) is 28.8 Å². The second kappa shape index (κ2) is 4.63. The zero-order valence-corrected chi connectivity index (χ0v) is 12.7. The second-order valence-corrected chi connectivity index (χ2v) is 6.22. The quantitative estimate of drug-likeness (QED) is 0.891. The van der Waals surface area contributed by atoms with Gasteiger partial charge in [-0.1, -0.05) is 11.3 Å². The van der Waals surface area contributed by atoms with E-state index in [0.717, 1.165) is 0 Å². The summed E-state index contributed by atoms with van der Waals surface area (Å²) in [6, 6.07) is 5.27. The molecule has 1 aromatic carbocycles. The van der Waals surface area contributed by atoms with Gasteiger partial charge in [0.15, 0.2) is 16.6 Å². The minimum atomic E-state index is -0.687. The zero-order chi connectivity index (χ0) is 15.2. The van der Waals surface area contributed by atoms with E-state index in [1.165, 1.54) is 11.3 Å². The normalized spacial score (nSPS) is 15.0. The standard InChI is InChI=1S/C14H15N3O3S/c1-7-11(21-13(15)16-7)12(18)17-8-4-5-9-10(6-8)20-14(2,3)19-9/h4-6H,1-3H3,(H2,15,16)(H,17,18). The van der Waals surface area contributed by atoms with Gasteiger partial charge in [-0.2, -0.15) is 0 Å². The molecule has 0 saturated heterocycles.